The number of thiophene rings is 1. The van der Waals surface area contributed by atoms with Crippen LogP contribution in [0.4, 0.5) is 0 Å². The van der Waals surface area contributed by atoms with Crippen molar-refractivity contribution < 1.29 is 4.79 Å². The zero-order valence-electron chi connectivity index (χ0n) is 9.25. The minimum absolute atomic E-state index is 0.194. The molecule has 2 unspecified atom stereocenters. The van der Waals surface area contributed by atoms with Crippen molar-refractivity contribution in [2.75, 3.05) is 6.54 Å². The molecule has 1 saturated heterocycles. The number of piperidine rings is 1. The Morgan fingerprint density at radius 3 is 2.80 bits per heavy atom. The summed E-state index contributed by atoms with van der Waals surface area (Å²) in [4.78, 5) is 14.2. The smallest absolute Gasteiger partial charge is 0.177 e. The third kappa shape index (κ3) is 2.47. The van der Waals surface area contributed by atoms with Gasteiger partial charge in [-0.05, 0) is 38.8 Å². The van der Waals surface area contributed by atoms with E-state index >= 15 is 0 Å². The number of ketones is 1. The lowest BCUT2D eigenvalue weighted by Gasteiger charge is -2.26. The van der Waals surface area contributed by atoms with Crippen molar-refractivity contribution in [2.24, 2.45) is 5.92 Å². The Hall–Kier alpha value is -0.670. The molecule has 1 aromatic rings. The van der Waals surface area contributed by atoms with Gasteiger partial charge in [0.1, 0.15) is 0 Å². The molecular formula is C12H17NOS. The quantitative estimate of drug-likeness (QED) is 0.781. The van der Waals surface area contributed by atoms with Gasteiger partial charge in [0.15, 0.2) is 5.78 Å². The van der Waals surface area contributed by atoms with Gasteiger partial charge in [0, 0.05) is 23.4 Å². The number of hydrogen-bond donors (Lipinski definition) is 1. The van der Waals surface area contributed by atoms with E-state index in [1.807, 2.05) is 19.1 Å². The number of hydrogen-bond acceptors (Lipinski definition) is 3. The minimum atomic E-state index is 0.194. The van der Waals surface area contributed by atoms with E-state index in [0.717, 1.165) is 24.3 Å². The van der Waals surface area contributed by atoms with Crippen molar-refractivity contribution in [3.63, 3.8) is 0 Å². The van der Waals surface area contributed by atoms with E-state index in [4.69, 9.17) is 0 Å². The van der Waals surface area contributed by atoms with Crippen molar-refractivity contribution in [1.82, 2.24) is 5.32 Å². The summed E-state index contributed by atoms with van der Waals surface area (Å²) < 4.78 is 0. The number of aryl methyl sites for hydroxylation is 1. The second-order valence-electron chi connectivity index (χ2n) is 4.36. The molecule has 0 aliphatic carbocycles. The zero-order chi connectivity index (χ0) is 10.8. The van der Waals surface area contributed by atoms with Crippen LogP contribution in [0.3, 0.4) is 0 Å². The maximum absolute atomic E-state index is 12.1. The Balaban J connectivity index is 2.02. The van der Waals surface area contributed by atoms with Gasteiger partial charge in [-0.15, -0.1) is 11.3 Å². The van der Waals surface area contributed by atoms with Gasteiger partial charge in [-0.3, -0.25) is 4.79 Å². The van der Waals surface area contributed by atoms with Crippen LogP contribution in [0.25, 0.3) is 0 Å². The minimum Gasteiger partial charge on any atom is -0.314 e. The SMILES string of the molecule is Cc1ccc(C(=O)C2CCC(C)NC2)s1. The molecule has 1 aliphatic rings. The van der Waals surface area contributed by atoms with E-state index in [-0.39, 0.29) is 5.92 Å². The Morgan fingerprint density at radius 2 is 2.27 bits per heavy atom. The van der Waals surface area contributed by atoms with Gasteiger partial charge in [0.2, 0.25) is 0 Å². The van der Waals surface area contributed by atoms with Gasteiger partial charge < -0.3 is 5.32 Å². The van der Waals surface area contributed by atoms with Crippen LogP contribution >= 0.6 is 11.3 Å². The van der Waals surface area contributed by atoms with E-state index in [2.05, 4.69) is 12.2 Å². The molecule has 3 heteroatoms. The summed E-state index contributed by atoms with van der Waals surface area (Å²) in [7, 11) is 0. The molecule has 0 bridgehead atoms. The average molecular weight is 223 g/mol. The van der Waals surface area contributed by atoms with Gasteiger partial charge in [0.25, 0.3) is 0 Å². The summed E-state index contributed by atoms with van der Waals surface area (Å²) in [6, 6.07) is 4.55. The number of carbonyl (C=O) groups is 1. The summed E-state index contributed by atoms with van der Waals surface area (Å²) in [6.07, 6.45) is 2.14. The van der Waals surface area contributed by atoms with Gasteiger partial charge in [-0.2, -0.15) is 0 Å². The number of Topliss-reactive ketones (excluding diaryl/α,β-unsaturated/α-hetero) is 1. The lowest BCUT2D eigenvalue weighted by atomic mass is 9.91. The van der Waals surface area contributed by atoms with Crippen molar-refractivity contribution in [3.8, 4) is 0 Å². The van der Waals surface area contributed by atoms with E-state index in [1.54, 1.807) is 11.3 Å². The fourth-order valence-corrected chi connectivity index (χ4v) is 2.88. The first kappa shape index (κ1) is 10.8. The highest BCUT2D eigenvalue weighted by molar-refractivity contribution is 7.14. The molecule has 1 aliphatic heterocycles. The van der Waals surface area contributed by atoms with Crippen LogP contribution in [0.5, 0.6) is 0 Å². The number of rotatable bonds is 2. The van der Waals surface area contributed by atoms with Crippen molar-refractivity contribution in [2.45, 2.75) is 32.7 Å². The molecule has 0 aromatic carbocycles. The number of carbonyl (C=O) groups excluding carboxylic acids is 1. The summed E-state index contributed by atoms with van der Waals surface area (Å²) >= 11 is 1.61. The molecule has 2 atom stereocenters. The van der Waals surface area contributed by atoms with Gasteiger partial charge in [-0.25, -0.2) is 0 Å². The maximum atomic E-state index is 12.1. The number of nitrogens with one attached hydrogen (secondary N) is 1. The lowest BCUT2D eigenvalue weighted by Crippen LogP contribution is -2.39. The van der Waals surface area contributed by atoms with Crippen molar-refractivity contribution in [1.29, 1.82) is 0 Å². The molecule has 1 N–H and O–H groups in total. The highest BCUT2D eigenvalue weighted by Gasteiger charge is 2.25. The van der Waals surface area contributed by atoms with Gasteiger partial charge >= 0.3 is 0 Å². The van der Waals surface area contributed by atoms with E-state index in [1.165, 1.54) is 4.88 Å². The fraction of sp³-hybridized carbons (Fsp3) is 0.583. The molecule has 2 rings (SSSR count). The second kappa shape index (κ2) is 4.45. The summed E-state index contributed by atoms with van der Waals surface area (Å²) in [6.45, 7) is 5.07. The third-order valence-electron chi connectivity index (χ3n) is 3.01. The van der Waals surface area contributed by atoms with Crippen LogP contribution in [-0.4, -0.2) is 18.4 Å². The zero-order valence-corrected chi connectivity index (χ0v) is 10.1. The molecule has 15 heavy (non-hydrogen) atoms. The Bertz CT molecular complexity index is 350. The molecule has 1 fully saturated rings. The molecule has 0 radical (unpaired) electrons. The summed E-state index contributed by atoms with van der Waals surface area (Å²) in [5, 5.41) is 3.37. The van der Waals surface area contributed by atoms with Crippen molar-refractivity contribution >= 4 is 17.1 Å². The lowest BCUT2D eigenvalue weighted by molar-refractivity contribution is 0.0895. The third-order valence-corrected chi connectivity index (χ3v) is 4.03. The average Bonchev–Trinajstić information content (AvgIpc) is 2.65. The molecule has 0 amide bonds. The second-order valence-corrected chi connectivity index (χ2v) is 5.65. The molecule has 2 nitrogen and oxygen atoms in total. The molecule has 1 aromatic heterocycles. The van der Waals surface area contributed by atoms with Crippen LogP contribution in [0.15, 0.2) is 12.1 Å². The molecule has 0 spiro atoms. The van der Waals surface area contributed by atoms with Crippen LogP contribution in [0.1, 0.15) is 34.3 Å². The van der Waals surface area contributed by atoms with Crippen LogP contribution in [0, 0.1) is 12.8 Å². The van der Waals surface area contributed by atoms with E-state index < -0.39 is 0 Å². The largest absolute Gasteiger partial charge is 0.314 e. The Labute approximate surface area is 94.7 Å². The highest BCUT2D eigenvalue weighted by atomic mass is 32.1. The standard InChI is InChI=1S/C12H17NOS/c1-8-3-5-10(7-13-8)12(14)11-6-4-9(2)15-11/h4,6,8,10,13H,3,5,7H2,1-2H3. The fourth-order valence-electron chi connectivity index (χ4n) is 1.99. The Kier molecular flexibility index (Phi) is 3.22. The van der Waals surface area contributed by atoms with Crippen LogP contribution in [0.2, 0.25) is 0 Å². The molecule has 2 heterocycles. The topological polar surface area (TPSA) is 29.1 Å². The van der Waals surface area contributed by atoms with Gasteiger partial charge in [0.05, 0.1) is 4.88 Å². The van der Waals surface area contributed by atoms with Crippen LogP contribution < -0.4 is 5.32 Å². The first-order valence-corrected chi connectivity index (χ1v) is 6.32. The summed E-state index contributed by atoms with van der Waals surface area (Å²) in [5.74, 6) is 0.520. The highest BCUT2D eigenvalue weighted by Crippen LogP contribution is 2.23. The normalized spacial score (nSPS) is 26.5. The first-order valence-electron chi connectivity index (χ1n) is 5.51. The predicted octanol–water partition coefficient (Wildman–Crippen LogP) is 2.63. The first-order chi connectivity index (χ1) is 7.16. The van der Waals surface area contributed by atoms with E-state index in [0.29, 0.717) is 11.8 Å². The van der Waals surface area contributed by atoms with Crippen LogP contribution in [-0.2, 0) is 0 Å². The van der Waals surface area contributed by atoms with Crippen molar-refractivity contribution in [3.05, 3.63) is 21.9 Å². The molecule has 0 saturated carbocycles. The monoisotopic (exact) mass is 223 g/mol. The maximum Gasteiger partial charge on any atom is 0.177 e. The van der Waals surface area contributed by atoms with Gasteiger partial charge in [-0.1, -0.05) is 0 Å². The Morgan fingerprint density at radius 1 is 1.47 bits per heavy atom. The van der Waals surface area contributed by atoms with E-state index in [9.17, 15) is 4.79 Å². The molecular weight excluding hydrogens is 206 g/mol. The predicted molar refractivity (Wildman–Crippen MR) is 63.6 cm³/mol. The summed E-state index contributed by atoms with van der Waals surface area (Å²) in [5.41, 5.74) is 0. The molecule has 82 valence electrons.